The van der Waals surface area contributed by atoms with Gasteiger partial charge >= 0.3 is 7.60 Å². The van der Waals surface area contributed by atoms with Crippen LogP contribution in [0.5, 0.6) is 0 Å². The van der Waals surface area contributed by atoms with E-state index in [1.165, 1.54) is 0 Å². The van der Waals surface area contributed by atoms with Crippen LogP contribution in [0.2, 0.25) is 0 Å². The Morgan fingerprint density at radius 3 is 2.06 bits per heavy atom. The minimum atomic E-state index is -4.16. The van der Waals surface area contributed by atoms with Crippen molar-refractivity contribution < 1.29 is 14.4 Å². The van der Waals surface area contributed by atoms with Crippen molar-refractivity contribution in [3.63, 3.8) is 0 Å². The first kappa shape index (κ1) is 15.7. The number of allylic oxidation sites excluding steroid dienone is 1. The van der Waals surface area contributed by atoms with Crippen LogP contribution in [-0.2, 0) is 4.57 Å². The summed E-state index contributed by atoms with van der Waals surface area (Å²) in [6.45, 7) is 9.26. The maximum Gasteiger partial charge on any atom is 0.336 e. The second-order valence-corrected chi connectivity index (χ2v) is 5.99. The maximum atomic E-state index is 11.7. The standard InChI is InChI=1S/C12H23O3P/c1-5-9-10-11(6-2)12(7-3,8-4)16(13,14)15/h2,5,7-10H2,1,3-4H3,(H2,13,14,15). The number of rotatable bonds is 7. The fourth-order valence-electron chi connectivity index (χ4n) is 2.10. The van der Waals surface area contributed by atoms with E-state index in [2.05, 4.69) is 19.2 Å². The second kappa shape index (κ2) is 6.42. The fourth-order valence-corrected chi connectivity index (χ4v) is 3.47. The van der Waals surface area contributed by atoms with E-state index < -0.39 is 12.8 Å². The molecule has 0 aliphatic heterocycles. The van der Waals surface area contributed by atoms with E-state index in [1.807, 2.05) is 13.8 Å². The summed E-state index contributed by atoms with van der Waals surface area (Å²) < 4.78 is 11.7. The molecule has 0 saturated carbocycles. The van der Waals surface area contributed by atoms with Crippen LogP contribution in [0.1, 0.15) is 52.9 Å². The molecule has 0 rings (SSSR count). The van der Waals surface area contributed by atoms with Crippen LogP contribution >= 0.6 is 7.60 Å². The summed E-state index contributed by atoms with van der Waals surface area (Å²) in [4.78, 5) is 19.1. The Labute approximate surface area is 98.4 Å². The average Bonchev–Trinajstić information content (AvgIpc) is 2.22. The Bertz CT molecular complexity index is 306. The maximum absolute atomic E-state index is 11.7. The Hall–Kier alpha value is -0.330. The molecular formula is C12H23O3P. The first-order valence-electron chi connectivity index (χ1n) is 5.84. The summed E-state index contributed by atoms with van der Waals surface area (Å²) in [6, 6.07) is 0. The SMILES string of the molecule is C=C=C(CCCC)C(CC)(CC)P(=O)(O)O. The Morgan fingerprint density at radius 1 is 1.31 bits per heavy atom. The van der Waals surface area contributed by atoms with Crippen molar-refractivity contribution in [3.8, 4) is 0 Å². The van der Waals surface area contributed by atoms with Gasteiger partial charge in [-0.15, -0.1) is 5.73 Å². The van der Waals surface area contributed by atoms with Gasteiger partial charge in [0.15, 0.2) is 0 Å². The Balaban J connectivity index is 5.33. The van der Waals surface area contributed by atoms with E-state index in [4.69, 9.17) is 0 Å². The molecule has 0 aliphatic carbocycles. The first-order valence-corrected chi connectivity index (χ1v) is 7.45. The third kappa shape index (κ3) is 3.09. The molecule has 94 valence electrons. The van der Waals surface area contributed by atoms with Crippen molar-refractivity contribution in [2.75, 3.05) is 0 Å². The molecular weight excluding hydrogens is 223 g/mol. The predicted molar refractivity (Wildman–Crippen MR) is 67.5 cm³/mol. The fraction of sp³-hybridized carbons (Fsp3) is 0.750. The van der Waals surface area contributed by atoms with Crippen LogP contribution in [-0.4, -0.2) is 14.9 Å². The van der Waals surface area contributed by atoms with Crippen LogP contribution in [0.25, 0.3) is 0 Å². The minimum Gasteiger partial charge on any atom is -0.324 e. The van der Waals surface area contributed by atoms with Crippen molar-refractivity contribution in [1.29, 1.82) is 0 Å². The van der Waals surface area contributed by atoms with Crippen molar-refractivity contribution >= 4 is 7.60 Å². The summed E-state index contributed by atoms with van der Waals surface area (Å²) in [7, 11) is -4.16. The van der Waals surface area contributed by atoms with E-state index in [1.54, 1.807) is 0 Å². The average molecular weight is 246 g/mol. The number of unbranched alkanes of at least 4 members (excludes halogenated alkanes) is 1. The monoisotopic (exact) mass is 246 g/mol. The summed E-state index contributed by atoms with van der Waals surface area (Å²) in [6.07, 6.45) is 3.44. The van der Waals surface area contributed by atoms with Crippen LogP contribution < -0.4 is 0 Å². The van der Waals surface area contributed by atoms with Gasteiger partial charge in [0.25, 0.3) is 0 Å². The van der Waals surface area contributed by atoms with Gasteiger partial charge in [0, 0.05) is 0 Å². The quantitative estimate of drug-likeness (QED) is 0.532. The summed E-state index contributed by atoms with van der Waals surface area (Å²) in [5.41, 5.74) is 3.45. The van der Waals surface area contributed by atoms with E-state index in [0.717, 1.165) is 12.8 Å². The topological polar surface area (TPSA) is 57.5 Å². The number of hydrogen-bond donors (Lipinski definition) is 2. The summed E-state index contributed by atoms with van der Waals surface area (Å²) in [5.74, 6) is 0. The Kier molecular flexibility index (Phi) is 6.28. The molecule has 16 heavy (non-hydrogen) atoms. The molecule has 0 unspecified atom stereocenters. The molecule has 0 aromatic heterocycles. The molecule has 0 aromatic carbocycles. The molecule has 0 aliphatic rings. The van der Waals surface area contributed by atoms with Gasteiger partial charge in [-0.25, -0.2) is 0 Å². The highest BCUT2D eigenvalue weighted by atomic mass is 31.2. The van der Waals surface area contributed by atoms with Gasteiger partial charge in [-0.3, -0.25) is 4.57 Å². The lowest BCUT2D eigenvalue weighted by atomic mass is 9.89. The van der Waals surface area contributed by atoms with Crippen LogP contribution in [0, 0.1) is 0 Å². The lowest BCUT2D eigenvalue weighted by Gasteiger charge is -2.34. The van der Waals surface area contributed by atoms with Gasteiger partial charge in [0.05, 0.1) is 5.16 Å². The van der Waals surface area contributed by atoms with Crippen LogP contribution in [0.4, 0.5) is 0 Å². The van der Waals surface area contributed by atoms with Crippen LogP contribution in [0.15, 0.2) is 17.9 Å². The molecule has 0 spiro atoms. The van der Waals surface area contributed by atoms with Crippen molar-refractivity contribution in [2.24, 2.45) is 0 Å². The molecule has 0 atom stereocenters. The third-order valence-electron chi connectivity index (χ3n) is 3.28. The van der Waals surface area contributed by atoms with Gasteiger partial charge in [0.2, 0.25) is 0 Å². The predicted octanol–water partition coefficient (Wildman–Crippen LogP) is 3.62. The Morgan fingerprint density at radius 2 is 1.81 bits per heavy atom. The lowest BCUT2D eigenvalue weighted by molar-refractivity contribution is 0.326. The van der Waals surface area contributed by atoms with E-state index in [9.17, 15) is 14.4 Å². The lowest BCUT2D eigenvalue weighted by Crippen LogP contribution is -2.29. The van der Waals surface area contributed by atoms with E-state index in [-0.39, 0.29) is 0 Å². The molecule has 0 fully saturated rings. The highest BCUT2D eigenvalue weighted by Gasteiger charge is 2.46. The zero-order valence-electron chi connectivity index (χ0n) is 10.5. The zero-order chi connectivity index (χ0) is 12.8. The normalized spacial score (nSPS) is 12.3. The molecule has 4 heteroatoms. The minimum absolute atomic E-state index is 0.426. The molecule has 0 radical (unpaired) electrons. The van der Waals surface area contributed by atoms with Gasteiger partial charge in [-0.1, -0.05) is 33.8 Å². The third-order valence-corrected chi connectivity index (χ3v) is 5.30. The van der Waals surface area contributed by atoms with E-state index >= 15 is 0 Å². The highest BCUT2D eigenvalue weighted by molar-refractivity contribution is 7.53. The highest BCUT2D eigenvalue weighted by Crippen LogP contribution is 2.58. The van der Waals surface area contributed by atoms with E-state index in [0.29, 0.717) is 24.8 Å². The van der Waals surface area contributed by atoms with Gasteiger partial charge in [-0.2, -0.15) is 0 Å². The first-order chi connectivity index (χ1) is 7.39. The second-order valence-electron chi connectivity index (χ2n) is 4.04. The van der Waals surface area contributed by atoms with Crippen molar-refractivity contribution in [1.82, 2.24) is 0 Å². The van der Waals surface area contributed by atoms with Gasteiger partial charge in [0.1, 0.15) is 0 Å². The number of hydrogen-bond acceptors (Lipinski definition) is 1. The molecule has 0 aromatic rings. The summed E-state index contributed by atoms with van der Waals surface area (Å²) in [5, 5.41) is -1.05. The van der Waals surface area contributed by atoms with Crippen molar-refractivity contribution in [3.05, 3.63) is 17.9 Å². The molecule has 0 heterocycles. The summed E-state index contributed by atoms with van der Waals surface area (Å²) >= 11 is 0. The zero-order valence-corrected chi connectivity index (χ0v) is 11.4. The largest absolute Gasteiger partial charge is 0.336 e. The molecule has 2 N–H and O–H groups in total. The van der Waals surface area contributed by atoms with Crippen molar-refractivity contribution in [2.45, 2.75) is 58.0 Å². The van der Waals surface area contributed by atoms with Gasteiger partial charge < -0.3 is 9.79 Å². The molecule has 3 nitrogen and oxygen atoms in total. The molecule has 0 bridgehead atoms. The molecule has 0 saturated heterocycles. The smallest absolute Gasteiger partial charge is 0.324 e. The molecule has 0 amide bonds. The van der Waals surface area contributed by atoms with Gasteiger partial charge in [-0.05, 0) is 31.3 Å². The van der Waals surface area contributed by atoms with Crippen LogP contribution in [0.3, 0.4) is 0 Å².